The zero-order valence-corrected chi connectivity index (χ0v) is 10.5. The second kappa shape index (κ2) is 6.64. The molecular weight excluding hydrogens is 234 g/mol. The van der Waals surface area contributed by atoms with E-state index in [9.17, 15) is 9.59 Å². The number of nitrogens with one attached hydrogen (secondary N) is 1. The Labute approximate surface area is 106 Å². The predicted octanol–water partition coefficient (Wildman–Crippen LogP) is 1.81. The van der Waals surface area contributed by atoms with Crippen molar-refractivity contribution in [2.75, 3.05) is 7.11 Å². The van der Waals surface area contributed by atoms with Gasteiger partial charge in [-0.2, -0.15) is 0 Å². The van der Waals surface area contributed by atoms with Crippen molar-refractivity contribution in [1.29, 1.82) is 0 Å². The van der Waals surface area contributed by atoms with Gasteiger partial charge in [-0.05, 0) is 24.1 Å². The van der Waals surface area contributed by atoms with E-state index < -0.39 is 5.97 Å². The summed E-state index contributed by atoms with van der Waals surface area (Å²) in [7, 11) is 1.42. The fraction of sp³-hybridized carbons (Fsp3) is 0.385. The van der Waals surface area contributed by atoms with Crippen molar-refractivity contribution in [1.82, 2.24) is 5.32 Å². The van der Waals surface area contributed by atoms with E-state index in [4.69, 9.17) is 9.84 Å². The highest BCUT2D eigenvalue weighted by molar-refractivity contribution is 5.91. The summed E-state index contributed by atoms with van der Waals surface area (Å²) < 4.78 is 5.01. The molecule has 1 amide bonds. The topological polar surface area (TPSA) is 75.6 Å². The molecule has 0 heterocycles. The molecule has 0 aliphatic carbocycles. The lowest BCUT2D eigenvalue weighted by atomic mass is 10.1. The molecule has 0 saturated heterocycles. The van der Waals surface area contributed by atoms with Crippen molar-refractivity contribution in [2.45, 2.75) is 26.3 Å². The molecule has 5 heteroatoms. The molecular formula is C13H17NO4. The second-order valence-corrected chi connectivity index (χ2v) is 3.87. The molecule has 0 aromatic heterocycles. The number of hydrogen-bond acceptors (Lipinski definition) is 3. The molecule has 98 valence electrons. The third kappa shape index (κ3) is 3.76. The van der Waals surface area contributed by atoms with E-state index >= 15 is 0 Å². The Hall–Kier alpha value is -2.04. The number of ether oxygens (including phenoxy) is 1. The molecule has 1 aromatic rings. The van der Waals surface area contributed by atoms with E-state index in [0.717, 1.165) is 12.0 Å². The molecule has 0 spiro atoms. The number of carboxylic acid groups (broad SMARTS) is 1. The van der Waals surface area contributed by atoms with Gasteiger partial charge >= 0.3 is 5.97 Å². The highest BCUT2D eigenvalue weighted by Crippen LogP contribution is 2.20. The molecule has 1 aromatic carbocycles. The smallest absolute Gasteiger partial charge is 0.339 e. The summed E-state index contributed by atoms with van der Waals surface area (Å²) in [6, 6.07) is 4.76. The lowest BCUT2D eigenvalue weighted by molar-refractivity contribution is -0.121. The summed E-state index contributed by atoms with van der Waals surface area (Å²) in [5, 5.41) is 11.7. The van der Waals surface area contributed by atoms with Crippen molar-refractivity contribution in [3.05, 3.63) is 29.3 Å². The molecule has 5 nitrogen and oxygen atoms in total. The molecule has 0 fully saturated rings. The maximum absolute atomic E-state index is 11.3. The van der Waals surface area contributed by atoms with Crippen LogP contribution in [-0.2, 0) is 11.3 Å². The van der Waals surface area contributed by atoms with E-state index in [1.807, 2.05) is 6.92 Å². The van der Waals surface area contributed by atoms with Crippen LogP contribution >= 0.6 is 0 Å². The second-order valence-electron chi connectivity index (χ2n) is 3.87. The zero-order chi connectivity index (χ0) is 13.5. The highest BCUT2D eigenvalue weighted by atomic mass is 16.5. The van der Waals surface area contributed by atoms with Crippen molar-refractivity contribution >= 4 is 11.9 Å². The largest absolute Gasteiger partial charge is 0.496 e. The minimum atomic E-state index is -1.03. The van der Waals surface area contributed by atoms with Crippen molar-refractivity contribution in [2.24, 2.45) is 0 Å². The lowest BCUT2D eigenvalue weighted by Gasteiger charge is -2.09. The van der Waals surface area contributed by atoms with Gasteiger partial charge in [0.15, 0.2) is 0 Å². The minimum Gasteiger partial charge on any atom is -0.496 e. The van der Waals surface area contributed by atoms with Crippen LogP contribution in [0.3, 0.4) is 0 Å². The normalized spacial score (nSPS) is 9.89. The van der Waals surface area contributed by atoms with E-state index in [2.05, 4.69) is 5.32 Å². The number of amides is 1. The van der Waals surface area contributed by atoms with Gasteiger partial charge in [0.2, 0.25) is 5.91 Å². The molecule has 0 aliphatic heterocycles. The average Bonchev–Trinajstić information content (AvgIpc) is 2.36. The van der Waals surface area contributed by atoms with Crippen LogP contribution < -0.4 is 10.1 Å². The molecule has 0 unspecified atom stereocenters. The van der Waals surface area contributed by atoms with Gasteiger partial charge in [0.25, 0.3) is 0 Å². The number of benzene rings is 1. The monoisotopic (exact) mass is 251 g/mol. The summed E-state index contributed by atoms with van der Waals surface area (Å²) in [5.41, 5.74) is 0.919. The number of carboxylic acids is 1. The Bertz CT molecular complexity index is 443. The summed E-state index contributed by atoms with van der Waals surface area (Å²) >= 11 is 0. The first-order valence-electron chi connectivity index (χ1n) is 5.75. The van der Waals surface area contributed by atoms with E-state index in [-0.39, 0.29) is 11.5 Å². The Kier molecular flexibility index (Phi) is 5.17. The Morgan fingerprint density at radius 1 is 1.39 bits per heavy atom. The molecule has 2 N–H and O–H groups in total. The summed E-state index contributed by atoms with van der Waals surface area (Å²) in [6.45, 7) is 2.30. The molecule has 0 bridgehead atoms. The molecule has 0 aliphatic rings. The number of aromatic carboxylic acids is 1. The van der Waals surface area contributed by atoms with Crippen molar-refractivity contribution in [3.8, 4) is 5.75 Å². The Morgan fingerprint density at radius 2 is 2.11 bits per heavy atom. The average molecular weight is 251 g/mol. The molecule has 0 atom stereocenters. The van der Waals surface area contributed by atoms with Gasteiger partial charge < -0.3 is 15.2 Å². The first-order chi connectivity index (χ1) is 8.58. The van der Waals surface area contributed by atoms with Crippen molar-refractivity contribution in [3.63, 3.8) is 0 Å². The van der Waals surface area contributed by atoms with Gasteiger partial charge in [-0.1, -0.05) is 13.0 Å². The summed E-state index contributed by atoms with van der Waals surface area (Å²) in [4.78, 5) is 22.2. The van der Waals surface area contributed by atoms with Crippen LogP contribution in [0.4, 0.5) is 0 Å². The molecule has 0 saturated carbocycles. The van der Waals surface area contributed by atoms with Crippen molar-refractivity contribution < 1.29 is 19.4 Å². The van der Waals surface area contributed by atoms with Crippen LogP contribution in [0.15, 0.2) is 18.2 Å². The van der Waals surface area contributed by atoms with Gasteiger partial charge in [0.1, 0.15) is 11.3 Å². The zero-order valence-electron chi connectivity index (χ0n) is 10.5. The van der Waals surface area contributed by atoms with Crippen LogP contribution in [0.25, 0.3) is 0 Å². The number of hydrogen-bond donors (Lipinski definition) is 2. The first-order valence-corrected chi connectivity index (χ1v) is 5.75. The molecule has 0 radical (unpaired) electrons. The number of methoxy groups -OCH3 is 1. The number of carbonyl (C=O) groups excluding carboxylic acids is 1. The third-order valence-electron chi connectivity index (χ3n) is 2.46. The minimum absolute atomic E-state index is 0.0150. The van der Waals surface area contributed by atoms with Gasteiger partial charge in [0.05, 0.1) is 7.11 Å². The standard InChI is InChI=1S/C13H17NO4/c1-3-4-12(15)14-8-9-5-6-10(13(16)17)11(7-9)18-2/h5-7H,3-4,8H2,1-2H3,(H,14,15)(H,16,17). The number of rotatable bonds is 6. The van der Waals surface area contributed by atoms with Crippen LogP contribution in [0.5, 0.6) is 5.75 Å². The first kappa shape index (κ1) is 14.0. The van der Waals surface area contributed by atoms with E-state index in [1.54, 1.807) is 12.1 Å². The molecule has 18 heavy (non-hydrogen) atoms. The fourth-order valence-corrected chi connectivity index (χ4v) is 1.54. The summed E-state index contributed by atoms with van der Waals surface area (Å²) in [5.74, 6) is -0.753. The predicted molar refractivity (Wildman–Crippen MR) is 66.7 cm³/mol. The fourth-order valence-electron chi connectivity index (χ4n) is 1.54. The molecule has 1 rings (SSSR count). The van der Waals surface area contributed by atoms with Gasteiger partial charge in [-0.3, -0.25) is 4.79 Å². The van der Waals surface area contributed by atoms with Crippen LogP contribution in [0.2, 0.25) is 0 Å². The third-order valence-corrected chi connectivity index (χ3v) is 2.46. The van der Waals surface area contributed by atoms with Gasteiger partial charge in [-0.15, -0.1) is 0 Å². The van der Waals surface area contributed by atoms with Crippen LogP contribution in [0, 0.1) is 0 Å². The number of carbonyl (C=O) groups is 2. The quantitative estimate of drug-likeness (QED) is 0.808. The maximum atomic E-state index is 11.3. The lowest BCUT2D eigenvalue weighted by Crippen LogP contribution is -2.22. The van der Waals surface area contributed by atoms with Gasteiger partial charge in [-0.25, -0.2) is 4.79 Å². The van der Waals surface area contributed by atoms with Crippen LogP contribution in [0.1, 0.15) is 35.7 Å². The Balaban J connectivity index is 2.74. The maximum Gasteiger partial charge on any atom is 0.339 e. The van der Waals surface area contributed by atoms with E-state index in [0.29, 0.717) is 18.7 Å². The highest BCUT2D eigenvalue weighted by Gasteiger charge is 2.11. The summed E-state index contributed by atoms with van der Waals surface area (Å²) in [6.07, 6.45) is 1.29. The van der Waals surface area contributed by atoms with Gasteiger partial charge in [0, 0.05) is 13.0 Å². The SMILES string of the molecule is CCCC(=O)NCc1ccc(C(=O)O)c(OC)c1. The van der Waals surface area contributed by atoms with Crippen LogP contribution in [-0.4, -0.2) is 24.1 Å². The Morgan fingerprint density at radius 3 is 2.67 bits per heavy atom. The van der Waals surface area contributed by atoms with E-state index in [1.165, 1.54) is 13.2 Å².